The molecule has 100 valence electrons. The van der Waals surface area contributed by atoms with E-state index in [4.69, 9.17) is 11.6 Å². The van der Waals surface area contributed by atoms with Crippen LogP contribution in [0.15, 0.2) is 23.7 Å². The third-order valence-electron chi connectivity index (χ3n) is 3.24. The summed E-state index contributed by atoms with van der Waals surface area (Å²) in [5, 5.41) is 10.3. The van der Waals surface area contributed by atoms with Gasteiger partial charge in [0, 0.05) is 17.5 Å². The number of piperidine rings is 1. The second-order valence-electron chi connectivity index (χ2n) is 4.59. The lowest BCUT2D eigenvalue weighted by molar-refractivity contribution is 0.455. The molecule has 0 radical (unpaired) electrons. The Balaban J connectivity index is 1.68. The molecule has 4 nitrogen and oxygen atoms in total. The molecular formula is C13H15ClN4S. The van der Waals surface area contributed by atoms with E-state index < -0.39 is 0 Å². The first-order valence-corrected chi connectivity index (χ1v) is 7.62. The number of rotatable bonds is 3. The average molecular weight is 295 g/mol. The Bertz CT molecular complexity index is 534. The van der Waals surface area contributed by atoms with Crippen LogP contribution in [0.25, 0.3) is 0 Å². The second-order valence-corrected chi connectivity index (χ2v) is 5.88. The lowest BCUT2D eigenvalue weighted by atomic mass is 9.96. The molecule has 1 saturated heterocycles. The van der Waals surface area contributed by atoms with Crippen molar-refractivity contribution >= 4 is 33.9 Å². The van der Waals surface area contributed by atoms with E-state index in [1.54, 1.807) is 17.5 Å². The highest BCUT2D eigenvalue weighted by molar-refractivity contribution is 7.13. The highest BCUT2D eigenvalue weighted by atomic mass is 35.5. The molecule has 1 aliphatic heterocycles. The molecule has 0 aliphatic carbocycles. The molecule has 0 amide bonds. The van der Waals surface area contributed by atoms with Crippen molar-refractivity contribution in [1.82, 2.24) is 15.3 Å². The van der Waals surface area contributed by atoms with Crippen LogP contribution in [-0.2, 0) is 0 Å². The fraction of sp³-hybridized carbons (Fsp3) is 0.385. The van der Waals surface area contributed by atoms with Gasteiger partial charge >= 0.3 is 0 Å². The van der Waals surface area contributed by atoms with Gasteiger partial charge in [0.1, 0.15) is 5.82 Å². The van der Waals surface area contributed by atoms with E-state index >= 15 is 0 Å². The molecule has 0 bridgehead atoms. The molecule has 0 unspecified atom stereocenters. The Kier molecular flexibility index (Phi) is 3.96. The molecule has 1 aliphatic rings. The maximum absolute atomic E-state index is 5.81. The van der Waals surface area contributed by atoms with Gasteiger partial charge in [-0.15, -0.1) is 11.3 Å². The molecule has 0 spiro atoms. The van der Waals surface area contributed by atoms with Gasteiger partial charge in [-0.05, 0) is 38.1 Å². The number of halogens is 1. The van der Waals surface area contributed by atoms with Crippen LogP contribution in [0.2, 0.25) is 5.02 Å². The number of nitrogens with zero attached hydrogens (tertiary/aromatic N) is 2. The summed E-state index contributed by atoms with van der Waals surface area (Å²) in [4.78, 5) is 8.87. The molecule has 2 aromatic rings. The van der Waals surface area contributed by atoms with Crippen molar-refractivity contribution in [3.8, 4) is 0 Å². The maximum atomic E-state index is 5.81. The van der Waals surface area contributed by atoms with Crippen molar-refractivity contribution in [2.75, 3.05) is 18.4 Å². The molecule has 0 saturated carbocycles. The van der Waals surface area contributed by atoms with Gasteiger partial charge in [-0.2, -0.15) is 0 Å². The lowest BCUT2D eigenvalue weighted by Gasteiger charge is -2.20. The zero-order chi connectivity index (χ0) is 13.1. The van der Waals surface area contributed by atoms with Crippen LogP contribution in [0.5, 0.6) is 0 Å². The zero-order valence-electron chi connectivity index (χ0n) is 10.4. The molecular weight excluding hydrogens is 280 g/mol. The summed E-state index contributed by atoms with van der Waals surface area (Å²) in [6, 6.07) is 3.67. The number of anilines is 2. The maximum Gasteiger partial charge on any atom is 0.188 e. The topological polar surface area (TPSA) is 49.8 Å². The Hall–Kier alpha value is -1.17. The van der Waals surface area contributed by atoms with Crippen molar-refractivity contribution in [2.24, 2.45) is 0 Å². The SMILES string of the molecule is Clc1ccc(Nc2nc(C3CCNCC3)cs2)nc1. The van der Waals surface area contributed by atoms with Crippen LogP contribution < -0.4 is 10.6 Å². The summed E-state index contributed by atoms with van der Waals surface area (Å²) in [7, 11) is 0. The molecule has 2 N–H and O–H groups in total. The van der Waals surface area contributed by atoms with Gasteiger partial charge in [-0.3, -0.25) is 0 Å². The predicted molar refractivity (Wildman–Crippen MR) is 79.5 cm³/mol. The van der Waals surface area contributed by atoms with Crippen molar-refractivity contribution < 1.29 is 0 Å². The van der Waals surface area contributed by atoms with Gasteiger partial charge in [-0.1, -0.05) is 11.6 Å². The predicted octanol–water partition coefficient (Wildman–Crippen LogP) is 3.40. The average Bonchev–Trinajstić information content (AvgIpc) is 2.91. The lowest BCUT2D eigenvalue weighted by Crippen LogP contribution is -2.26. The highest BCUT2D eigenvalue weighted by Gasteiger charge is 2.17. The minimum Gasteiger partial charge on any atom is -0.317 e. The fourth-order valence-electron chi connectivity index (χ4n) is 2.21. The number of hydrogen-bond donors (Lipinski definition) is 2. The van der Waals surface area contributed by atoms with Crippen LogP contribution >= 0.6 is 22.9 Å². The number of nitrogens with one attached hydrogen (secondary N) is 2. The van der Waals surface area contributed by atoms with Crippen molar-refractivity contribution in [3.05, 3.63) is 34.4 Å². The van der Waals surface area contributed by atoms with Crippen molar-refractivity contribution in [1.29, 1.82) is 0 Å². The van der Waals surface area contributed by atoms with E-state index in [1.165, 1.54) is 18.5 Å². The largest absolute Gasteiger partial charge is 0.317 e. The second kappa shape index (κ2) is 5.86. The van der Waals surface area contributed by atoms with Crippen LogP contribution in [0.3, 0.4) is 0 Å². The van der Waals surface area contributed by atoms with Crippen LogP contribution in [0, 0.1) is 0 Å². The Morgan fingerprint density at radius 3 is 2.89 bits per heavy atom. The first kappa shape index (κ1) is 12.8. The summed E-state index contributed by atoms with van der Waals surface area (Å²) < 4.78 is 0. The zero-order valence-corrected chi connectivity index (χ0v) is 12.0. The molecule has 2 aromatic heterocycles. The molecule has 3 rings (SSSR count). The van der Waals surface area contributed by atoms with Crippen LogP contribution in [-0.4, -0.2) is 23.1 Å². The Labute approximate surface area is 121 Å². The summed E-state index contributed by atoms with van der Waals surface area (Å²) in [5.74, 6) is 1.36. The monoisotopic (exact) mass is 294 g/mol. The summed E-state index contributed by atoms with van der Waals surface area (Å²) in [6.45, 7) is 2.17. The van der Waals surface area contributed by atoms with Gasteiger partial charge in [0.05, 0.1) is 10.7 Å². The molecule has 1 fully saturated rings. The van der Waals surface area contributed by atoms with Gasteiger partial charge in [0.2, 0.25) is 0 Å². The standard InChI is InChI=1S/C13H15ClN4S/c14-10-1-2-12(16-7-10)18-13-17-11(8-19-13)9-3-5-15-6-4-9/h1-2,7-9,15H,3-6H2,(H,16,17,18). The van der Waals surface area contributed by atoms with Crippen molar-refractivity contribution in [3.63, 3.8) is 0 Å². The van der Waals surface area contributed by atoms with Gasteiger partial charge in [0.15, 0.2) is 5.13 Å². The number of aromatic nitrogens is 2. The van der Waals surface area contributed by atoms with Gasteiger partial charge in [-0.25, -0.2) is 9.97 Å². The molecule has 6 heteroatoms. The number of thiazole rings is 1. The van der Waals surface area contributed by atoms with E-state index in [0.717, 1.165) is 24.0 Å². The van der Waals surface area contributed by atoms with E-state index in [2.05, 4.69) is 26.0 Å². The van der Waals surface area contributed by atoms with E-state index in [0.29, 0.717) is 10.9 Å². The normalized spacial score (nSPS) is 16.5. The van der Waals surface area contributed by atoms with E-state index in [1.807, 2.05) is 12.1 Å². The third-order valence-corrected chi connectivity index (χ3v) is 4.24. The first-order chi connectivity index (χ1) is 9.31. The fourth-order valence-corrected chi connectivity index (χ4v) is 3.12. The molecule has 3 heterocycles. The summed E-state index contributed by atoms with van der Waals surface area (Å²) >= 11 is 7.44. The first-order valence-electron chi connectivity index (χ1n) is 6.36. The summed E-state index contributed by atoms with van der Waals surface area (Å²) in [6.07, 6.45) is 3.97. The smallest absolute Gasteiger partial charge is 0.188 e. The Morgan fingerprint density at radius 2 is 2.16 bits per heavy atom. The van der Waals surface area contributed by atoms with Crippen LogP contribution in [0.1, 0.15) is 24.5 Å². The van der Waals surface area contributed by atoms with Crippen LogP contribution in [0.4, 0.5) is 10.9 Å². The Morgan fingerprint density at radius 1 is 1.32 bits per heavy atom. The quantitative estimate of drug-likeness (QED) is 0.911. The molecule has 0 aromatic carbocycles. The minimum atomic E-state index is 0.589. The highest BCUT2D eigenvalue weighted by Crippen LogP contribution is 2.29. The minimum absolute atomic E-state index is 0.589. The van der Waals surface area contributed by atoms with E-state index in [9.17, 15) is 0 Å². The summed E-state index contributed by atoms with van der Waals surface area (Å²) in [5.41, 5.74) is 1.20. The number of hydrogen-bond acceptors (Lipinski definition) is 5. The third kappa shape index (κ3) is 3.23. The van der Waals surface area contributed by atoms with E-state index in [-0.39, 0.29) is 0 Å². The van der Waals surface area contributed by atoms with Gasteiger partial charge < -0.3 is 10.6 Å². The molecule has 0 atom stereocenters. The molecule has 19 heavy (non-hydrogen) atoms. The number of pyridine rings is 1. The van der Waals surface area contributed by atoms with Crippen molar-refractivity contribution in [2.45, 2.75) is 18.8 Å². The van der Waals surface area contributed by atoms with Gasteiger partial charge in [0.25, 0.3) is 0 Å².